The van der Waals surface area contributed by atoms with Crippen LogP contribution in [0.1, 0.15) is 22.3 Å². The molecule has 3 aromatic carbocycles. The minimum absolute atomic E-state index is 0.430. The van der Waals surface area contributed by atoms with Crippen LogP contribution in [0, 0.1) is 0 Å². The highest BCUT2D eigenvalue weighted by molar-refractivity contribution is 6.19. The molecular formula is C25H23NO3. The van der Waals surface area contributed by atoms with Crippen LogP contribution >= 0.6 is 0 Å². The summed E-state index contributed by atoms with van der Waals surface area (Å²) in [6.45, 7) is 0.430. The number of fused-ring (bicyclic) bond motifs is 1. The van der Waals surface area contributed by atoms with Crippen molar-refractivity contribution in [1.82, 2.24) is 0 Å². The number of rotatable bonds is 6. The Labute approximate surface area is 171 Å². The maximum absolute atomic E-state index is 5.72. The van der Waals surface area contributed by atoms with E-state index in [0.717, 1.165) is 51.5 Å². The molecule has 0 saturated heterocycles. The lowest BCUT2D eigenvalue weighted by Crippen LogP contribution is -2.00. The Bertz CT molecular complexity index is 1040. The number of benzene rings is 3. The Hall–Kier alpha value is -3.53. The molecule has 4 nitrogen and oxygen atoms in total. The highest BCUT2D eigenvalue weighted by atomic mass is 16.6. The third kappa shape index (κ3) is 4.16. The zero-order valence-electron chi connectivity index (χ0n) is 16.6. The predicted molar refractivity (Wildman–Crippen MR) is 115 cm³/mol. The minimum Gasteiger partial charge on any atom is -0.497 e. The van der Waals surface area contributed by atoms with Gasteiger partial charge in [0.05, 0.1) is 14.2 Å². The molecule has 146 valence electrons. The molecule has 4 heteroatoms. The van der Waals surface area contributed by atoms with Gasteiger partial charge in [-0.05, 0) is 41.0 Å². The summed E-state index contributed by atoms with van der Waals surface area (Å²) in [6.07, 6.45) is 2.89. The third-order valence-electron chi connectivity index (χ3n) is 4.97. The van der Waals surface area contributed by atoms with Crippen LogP contribution in [0.15, 0.2) is 83.5 Å². The molecule has 3 aromatic rings. The van der Waals surface area contributed by atoms with Gasteiger partial charge >= 0.3 is 0 Å². The Morgan fingerprint density at radius 3 is 2.38 bits per heavy atom. The highest BCUT2D eigenvalue weighted by Crippen LogP contribution is 2.35. The molecule has 1 aliphatic carbocycles. The van der Waals surface area contributed by atoms with E-state index in [-0.39, 0.29) is 0 Å². The first-order chi connectivity index (χ1) is 14.3. The molecule has 0 aromatic heterocycles. The summed E-state index contributed by atoms with van der Waals surface area (Å²) in [5.41, 5.74) is 6.31. The topological polar surface area (TPSA) is 40.0 Å². The standard InChI is InChI=1S/C25H23NO3/c1-27-21-13-11-18(12-14-21)15-20-16-23-22(9-6-10-24(23)28-2)25(20)26-29-17-19-7-4-3-5-8-19/h3-15H,16-17H2,1-2H3/b20-15+,26-25-. The number of hydrogen-bond acceptors (Lipinski definition) is 4. The number of hydrogen-bond donors (Lipinski definition) is 0. The van der Waals surface area contributed by atoms with E-state index in [1.54, 1.807) is 14.2 Å². The van der Waals surface area contributed by atoms with Gasteiger partial charge in [-0.25, -0.2) is 0 Å². The molecule has 0 aliphatic heterocycles. The van der Waals surface area contributed by atoms with Crippen LogP contribution in [-0.2, 0) is 17.9 Å². The molecule has 0 saturated carbocycles. The van der Waals surface area contributed by atoms with Crippen LogP contribution in [0.2, 0.25) is 0 Å². The Kier molecular flexibility index (Phi) is 5.61. The minimum atomic E-state index is 0.430. The van der Waals surface area contributed by atoms with Crippen molar-refractivity contribution in [3.63, 3.8) is 0 Å². The summed E-state index contributed by atoms with van der Waals surface area (Å²) in [6, 6.07) is 24.1. The smallest absolute Gasteiger partial charge is 0.142 e. The molecule has 0 unspecified atom stereocenters. The van der Waals surface area contributed by atoms with Gasteiger partial charge in [0.15, 0.2) is 0 Å². The predicted octanol–water partition coefficient (Wildman–Crippen LogP) is 5.26. The summed E-state index contributed by atoms with van der Waals surface area (Å²) in [5, 5.41) is 4.51. The average Bonchev–Trinajstić information content (AvgIpc) is 3.12. The van der Waals surface area contributed by atoms with Crippen molar-refractivity contribution in [3.8, 4) is 11.5 Å². The lowest BCUT2D eigenvalue weighted by molar-refractivity contribution is 0.131. The second kappa shape index (κ2) is 8.65. The first-order valence-electron chi connectivity index (χ1n) is 9.53. The fraction of sp³-hybridized carbons (Fsp3) is 0.160. The summed E-state index contributed by atoms with van der Waals surface area (Å²) in [4.78, 5) is 5.72. The van der Waals surface area contributed by atoms with Gasteiger partial charge in [0, 0.05) is 17.5 Å². The molecule has 0 spiro atoms. The number of methoxy groups -OCH3 is 2. The van der Waals surface area contributed by atoms with E-state index in [1.807, 2.05) is 66.7 Å². The zero-order chi connectivity index (χ0) is 20.1. The molecule has 0 bridgehead atoms. The first kappa shape index (κ1) is 18.8. The fourth-order valence-electron chi connectivity index (χ4n) is 3.48. The molecule has 0 heterocycles. The second-order valence-electron chi connectivity index (χ2n) is 6.80. The van der Waals surface area contributed by atoms with Gasteiger partial charge in [-0.1, -0.05) is 59.8 Å². The van der Waals surface area contributed by atoms with Gasteiger partial charge in [-0.2, -0.15) is 0 Å². The molecule has 1 aliphatic rings. The zero-order valence-corrected chi connectivity index (χ0v) is 16.6. The van der Waals surface area contributed by atoms with Crippen LogP contribution in [0.3, 0.4) is 0 Å². The van der Waals surface area contributed by atoms with Gasteiger partial charge in [0.25, 0.3) is 0 Å². The molecule has 0 amide bonds. The van der Waals surface area contributed by atoms with Crippen LogP contribution in [0.4, 0.5) is 0 Å². The summed E-state index contributed by atoms with van der Waals surface area (Å²) in [5.74, 6) is 1.71. The van der Waals surface area contributed by atoms with Crippen LogP contribution < -0.4 is 9.47 Å². The van der Waals surface area contributed by atoms with Gasteiger partial charge in [-0.3, -0.25) is 0 Å². The van der Waals surface area contributed by atoms with Gasteiger partial charge in [0.2, 0.25) is 0 Å². The number of ether oxygens (including phenoxy) is 2. The number of allylic oxidation sites excluding steroid dienone is 1. The van der Waals surface area contributed by atoms with E-state index >= 15 is 0 Å². The average molecular weight is 385 g/mol. The van der Waals surface area contributed by atoms with E-state index < -0.39 is 0 Å². The molecular weight excluding hydrogens is 362 g/mol. The first-order valence-corrected chi connectivity index (χ1v) is 9.53. The van der Waals surface area contributed by atoms with Crippen molar-refractivity contribution in [3.05, 3.63) is 101 Å². The highest BCUT2D eigenvalue weighted by Gasteiger charge is 2.26. The van der Waals surface area contributed by atoms with Crippen molar-refractivity contribution >= 4 is 11.8 Å². The van der Waals surface area contributed by atoms with Gasteiger partial charge in [-0.15, -0.1) is 0 Å². The maximum Gasteiger partial charge on any atom is 0.142 e. The third-order valence-corrected chi connectivity index (χ3v) is 4.97. The molecule has 0 N–H and O–H groups in total. The van der Waals surface area contributed by atoms with E-state index in [1.165, 1.54) is 0 Å². The lowest BCUT2D eigenvalue weighted by Gasteiger charge is -2.06. The second-order valence-corrected chi connectivity index (χ2v) is 6.80. The van der Waals surface area contributed by atoms with Crippen LogP contribution in [0.25, 0.3) is 6.08 Å². The van der Waals surface area contributed by atoms with Crippen molar-refractivity contribution < 1.29 is 14.3 Å². The molecule has 29 heavy (non-hydrogen) atoms. The SMILES string of the molecule is COc1ccc(/C=C2\Cc3c(OC)cccc3\C2=N/OCc2ccccc2)cc1. The summed E-state index contributed by atoms with van der Waals surface area (Å²) >= 11 is 0. The van der Waals surface area contributed by atoms with E-state index in [4.69, 9.17) is 14.3 Å². The Morgan fingerprint density at radius 1 is 0.862 bits per heavy atom. The quantitative estimate of drug-likeness (QED) is 0.543. The van der Waals surface area contributed by atoms with Crippen molar-refractivity contribution in [2.75, 3.05) is 14.2 Å². The normalized spacial score (nSPS) is 15.4. The molecule has 0 fully saturated rings. The maximum atomic E-state index is 5.72. The fourth-order valence-corrected chi connectivity index (χ4v) is 3.48. The summed E-state index contributed by atoms with van der Waals surface area (Å²) < 4.78 is 10.8. The van der Waals surface area contributed by atoms with Gasteiger partial charge in [0.1, 0.15) is 23.8 Å². The van der Waals surface area contributed by atoms with E-state index in [0.29, 0.717) is 6.61 Å². The Morgan fingerprint density at radius 2 is 1.66 bits per heavy atom. The van der Waals surface area contributed by atoms with E-state index in [2.05, 4.69) is 17.3 Å². The lowest BCUT2D eigenvalue weighted by atomic mass is 10.1. The summed E-state index contributed by atoms with van der Waals surface area (Å²) in [7, 11) is 3.37. The van der Waals surface area contributed by atoms with Crippen molar-refractivity contribution in [1.29, 1.82) is 0 Å². The molecule has 0 atom stereocenters. The van der Waals surface area contributed by atoms with Crippen molar-refractivity contribution in [2.24, 2.45) is 5.16 Å². The molecule has 0 radical (unpaired) electrons. The van der Waals surface area contributed by atoms with E-state index in [9.17, 15) is 0 Å². The molecule has 4 rings (SSSR count). The number of nitrogens with zero attached hydrogens (tertiary/aromatic N) is 1. The van der Waals surface area contributed by atoms with Gasteiger partial charge < -0.3 is 14.3 Å². The van der Waals surface area contributed by atoms with Crippen LogP contribution in [-0.4, -0.2) is 19.9 Å². The monoisotopic (exact) mass is 385 g/mol. The largest absolute Gasteiger partial charge is 0.497 e. The van der Waals surface area contributed by atoms with Crippen molar-refractivity contribution in [2.45, 2.75) is 13.0 Å². The van der Waals surface area contributed by atoms with Crippen LogP contribution in [0.5, 0.6) is 11.5 Å². The number of oxime groups is 1. The Balaban J connectivity index is 1.67.